The van der Waals surface area contributed by atoms with Crippen molar-refractivity contribution >= 4 is 21.6 Å². The van der Waals surface area contributed by atoms with Crippen LogP contribution in [0.2, 0.25) is 0 Å². The smallest absolute Gasteiger partial charge is 0.252 e. The zero-order chi connectivity index (χ0) is 19.8. The second-order valence-corrected chi connectivity index (χ2v) is 9.27. The van der Waals surface area contributed by atoms with E-state index in [1.165, 1.54) is 28.9 Å². The number of carbonyl (C=O) groups is 1. The van der Waals surface area contributed by atoms with Crippen LogP contribution in [0.25, 0.3) is 0 Å². The topological polar surface area (TPSA) is 66.5 Å². The molecule has 0 heterocycles. The summed E-state index contributed by atoms with van der Waals surface area (Å²) in [5, 5.41) is 3.04. The molecule has 6 heteroatoms. The largest absolute Gasteiger partial charge is 0.346 e. The Bertz CT molecular complexity index is 983. The second-order valence-electron chi connectivity index (χ2n) is 7.26. The van der Waals surface area contributed by atoms with Crippen molar-refractivity contribution in [2.75, 3.05) is 17.6 Å². The molecule has 0 spiro atoms. The van der Waals surface area contributed by atoms with E-state index in [1.54, 1.807) is 25.1 Å². The van der Waals surface area contributed by atoms with Crippen LogP contribution in [0.3, 0.4) is 0 Å². The van der Waals surface area contributed by atoms with Crippen LogP contribution in [0.1, 0.15) is 52.0 Å². The first-order chi connectivity index (χ1) is 12.7. The Morgan fingerprint density at radius 2 is 1.85 bits per heavy atom. The fourth-order valence-corrected chi connectivity index (χ4v) is 4.16. The van der Waals surface area contributed by atoms with Crippen LogP contribution < -0.4 is 9.62 Å². The lowest BCUT2D eigenvalue weighted by molar-refractivity contribution is 0.0939. The van der Waals surface area contributed by atoms with Crippen molar-refractivity contribution in [3.05, 3.63) is 64.2 Å². The lowest BCUT2D eigenvalue weighted by Gasteiger charge is -2.21. The van der Waals surface area contributed by atoms with Crippen molar-refractivity contribution in [1.29, 1.82) is 0 Å². The SMILES string of the molecule is Cc1c(C(=O)N[C@@H](C)c2ccc3c(c2)CCC3)cccc1N(C)S(C)(=O)=O. The molecule has 0 unspecified atom stereocenters. The number of nitrogens with one attached hydrogen (secondary N) is 1. The van der Waals surface area contributed by atoms with Gasteiger partial charge in [-0.3, -0.25) is 9.10 Å². The van der Waals surface area contributed by atoms with Crippen molar-refractivity contribution in [3.63, 3.8) is 0 Å². The van der Waals surface area contributed by atoms with Crippen molar-refractivity contribution in [1.82, 2.24) is 5.32 Å². The van der Waals surface area contributed by atoms with Gasteiger partial charge in [-0.1, -0.05) is 24.3 Å². The number of carbonyl (C=O) groups excluding carboxylic acids is 1. The first kappa shape index (κ1) is 19.4. The highest BCUT2D eigenvalue weighted by Crippen LogP contribution is 2.27. The predicted octanol–water partition coefficient (Wildman–Crippen LogP) is 3.37. The van der Waals surface area contributed by atoms with Gasteiger partial charge in [0.2, 0.25) is 10.0 Å². The third-order valence-electron chi connectivity index (χ3n) is 5.36. The van der Waals surface area contributed by atoms with Crippen LogP contribution in [0, 0.1) is 6.92 Å². The molecule has 144 valence electrons. The Morgan fingerprint density at radius 3 is 2.56 bits per heavy atom. The van der Waals surface area contributed by atoms with E-state index in [9.17, 15) is 13.2 Å². The van der Waals surface area contributed by atoms with Crippen LogP contribution >= 0.6 is 0 Å². The van der Waals surface area contributed by atoms with Crippen LogP contribution in [-0.2, 0) is 22.9 Å². The van der Waals surface area contributed by atoms with E-state index in [2.05, 4.69) is 23.5 Å². The molecule has 0 saturated carbocycles. The molecule has 1 atom stereocenters. The van der Waals surface area contributed by atoms with E-state index >= 15 is 0 Å². The van der Waals surface area contributed by atoms with Gasteiger partial charge in [-0.2, -0.15) is 0 Å². The maximum atomic E-state index is 12.8. The molecule has 5 nitrogen and oxygen atoms in total. The Labute approximate surface area is 161 Å². The summed E-state index contributed by atoms with van der Waals surface area (Å²) in [5.74, 6) is -0.204. The van der Waals surface area contributed by atoms with Crippen molar-refractivity contribution < 1.29 is 13.2 Å². The number of anilines is 1. The second kappa shape index (κ2) is 7.35. The summed E-state index contributed by atoms with van der Waals surface area (Å²) in [6.45, 7) is 3.74. The highest BCUT2D eigenvalue weighted by molar-refractivity contribution is 7.92. The summed E-state index contributed by atoms with van der Waals surface area (Å²) in [6, 6.07) is 11.4. The summed E-state index contributed by atoms with van der Waals surface area (Å²) < 4.78 is 24.9. The zero-order valence-corrected chi connectivity index (χ0v) is 17.1. The van der Waals surface area contributed by atoms with Crippen molar-refractivity contribution in [2.24, 2.45) is 0 Å². The molecule has 2 aromatic carbocycles. The first-order valence-electron chi connectivity index (χ1n) is 9.14. The molecule has 1 aliphatic carbocycles. The summed E-state index contributed by atoms with van der Waals surface area (Å²) in [7, 11) is -1.90. The number of hydrogen-bond donors (Lipinski definition) is 1. The highest BCUT2D eigenvalue weighted by Gasteiger charge is 2.20. The van der Waals surface area contributed by atoms with Crippen molar-refractivity contribution in [3.8, 4) is 0 Å². The molecule has 0 radical (unpaired) electrons. The van der Waals surface area contributed by atoms with Crippen LogP contribution in [0.5, 0.6) is 0 Å². The number of amides is 1. The minimum atomic E-state index is -3.39. The van der Waals surface area contributed by atoms with E-state index in [0.29, 0.717) is 16.8 Å². The summed E-state index contributed by atoms with van der Waals surface area (Å²) >= 11 is 0. The molecule has 2 aromatic rings. The molecule has 0 bridgehead atoms. The molecule has 3 rings (SSSR count). The van der Waals surface area contributed by atoms with Crippen molar-refractivity contribution in [2.45, 2.75) is 39.2 Å². The standard InChI is InChI=1S/C21H26N2O3S/c1-14-19(9-6-10-20(14)23(3)27(4,25)26)21(24)22-15(2)17-12-11-16-7-5-8-18(16)13-17/h6,9-13,15H,5,7-8H2,1-4H3,(H,22,24)/t15-/m0/s1. The van der Waals surface area contributed by atoms with E-state index in [4.69, 9.17) is 0 Å². The zero-order valence-electron chi connectivity index (χ0n) is 16.2. The highest BCUT2D eigenvalue weighted by atomic mass is 32.2. The predicted molar refractivity (Wildman–Crippen MR) is 109 cm³/mol. The number of benzene rings is 2. The molecule has 0 aromatic heterocycles. The molecule has 0 saturated heterocycles. The molecule has 1 N–H and O–H groups in total. The monoisotopic (exact) mass is 386 g/mol. The molecule has 1 aliphatic rings. The van der Waals surface area contributed by atoms with Gasteiger partial charge in [0.05, 0.1) is 18.0 Å². The van der Waals surface area contributed by atoms with E-state index < -0.39 is 10.0 Å². The molecule has 0 fully saturated rings. The number of hydrogen-bond acceptors (Lipinski definition) is 3. The number of sulfonamides is 1. The molecule has 0 aliphatic heterocycles. The average Bonchev–Trinajstić information content (AvgIpc) is 3.08. The van der Waals surface area contributed by atoms with E-state index in [0.717, 1.165) is 24.7 Å². The van der Waals surface area contributed by atoms with Gasteiger partial charge >= 0.3 is 0 Å². The lowest BCUT2D eigenvalue weighted by Crippen LogP contribution is -2.29. The summed E-state index contributed by atoms with van der Waals surface area (Å²) in [4.78, 5) is 12.8. The minimum absolute atomic E-state index is 0.126. The van der Waals surface area contributed by atoms with Gasteiger partial charge in [0.1, 0.15) is 0 Å². The summed E-state index contributed by atoms with van der Waals surface area (Å²) in [6.07, 6.45) is 4.58. The maximum Gasteiger partial charge on any atom is 0.252 e. The first-order valence-corrected chi connectivity index (χ1v) is 11.0. The third-order valence-corrected chi connectivity index (χ3v) is 6.55. The Kier molecular flexibility index (Phi) is 5.29. The van der Waals surface area contributed by atoms with E-state index in [1.807, 2.05) is 6.92 Å². The number of aryl methyl sites for hydroxylation is 2. The number of rotatable bonds is 5. The number of fused-ring (bicyclic) bond motifs is 1. The molecule has 27 heavy (non-hydrogen) atoms. The number of nitrogens with zero attached hydrogens (tertiary/aromatic N) is 1. The Balaban J connectivity index is 1.82. The van der Waals surface area contributed by atoms with Gasteiger partial charge in [0.25, 0.3) is 5.91 Å². The van der Waals surface area contributed by atoms with Gasteiger partial charge in [-0.25, -0.2) is 8.42 Å². The van der Waals surface area contributed by atoms with Gasteiger partial charge in [0.15, 0.2) is 0 Å². The van der Waals surface area contributed by atoms with Gasteiger partial charge < -0.3 is 5.32 Å². The van der Waals surface area contributed by atoms with Crippen LogP contribution in [0.4, 0.5) is 5.69 Å². The summed E-state index contributed by atoms with van der Waals surface area (Å²) in [5.41, 5.74) is 5.51. The minimum Gasteiger partial charge on any atom is -0.346 e. The fourth-order valence-electron chi connectivity index (χ4n) is 3.61. The van der Waals surface area contributed by atoms with Crippen LogP contribution in [-0.4, -0.2) is 27.6 Å². The normalized spacial score (nSPS) is 14.5. The van der Waals surface area contributed by atoms with Gasteiger partial charge in [-0.15, -0.1) is 0 Å². The van der Waals surface area contributed by atoms with Gasteiger partial charge in [-0.05, 0) is 67.5 Å². The molecule has 1 amide bonds. The average molecular weight is 387 g/mol. The maximum absolute atomic E-state index is 12.8. The molecular weight excluding hydrogens is 360 g/mol. The third kappa shape index (κ3) is 4.00. The Hall–Kier alpha value is -2.34. The molecular formula is C21H26N2O3S. The Morgan fingerprint density at radius 1 is 1.15 bits per heavy atom. The van der Waals surface area contributed by atoms with Gasteiger partial charge in [0, 0.05) is 12.6 Å². The van der Waals surface area contributed by atoms with Crippen LogP contribution in [0.15, 0.2) is 36.4 Å². The lowest BCUT2D eigenvalue weighted by atomic mass is 10.0. The fraction of sp³-hybridized carbons (Fsp3) is 0.381. The van der Waals surface area contributed by atoms with E-state index in [-0.39, 0.29) is 11.9 Å². The quantitative estimate of drug-likeness (QED) is 0.857.